The molecule has 12 heteroatoms. The van der Waals surface area contributed by atoms with Crippen LogP contribution in [0.5, 0.6) is 0 Å². The molecule has 0 saturated heterocycles. The van der Waals surface area contributed by atoms with Crippen molar-refractivity contribution in [2.24, 2.45) is 5.92 Å². The number of halogens is 4. The summed E-state index contributed by atoms with van der Waals surface area (Å²) >= 11 is 5.81. The number of hydrogen-bond donors (Lipinski definition) is 1. The van der Waals surface area contributed by atoms with E-state index in [1.165, 1.54) is 24.0 Å². The lowest BCUT2D eigenvalue weighted by atomic mass is 10.1. The highest BCUT2D eigenvalue weighted by Gasteiger charge is 2.37. The minimum absolute atomic E-state index is 0.0615. The molecule has 3 aromatic carbocycles. The van der Waals surface area contributed by atoms with E-state index < -0.39 is 56.9 Å². The van der Waals surface area contributed by atoms with Crippen molar-refractivity contribution in [3.8, 4) is 0 Å². The molecule has 0 aromatic heterocycles. The third kappa shape index (κ3) is 8.96. The fourth-order valence-electron chi connectivity index (χ4n) is 4.27. The Morgan fingerprint density at radius 1 is 0.953 bits per heavy atom. The second-order valence-corrected chi connectivity index (χ2v) is 12.9. The summed E-state index contributed by atoms with van der Waals surface area (Å²) in [5, 5.41) is 2.17. The number of alkyl halides is 3. The zero-order valence-electron chi connectivity index (χ0n) is 24.4. The van der Waals surface area contributed by atoms with Gasteiger partial charge >= 0.3 is 6.18 Å². The van der Waals surface area contributed by atoms with Crippen molar-refractivity contribution in [3.05, 3.63) is 94.5 Å². The van der Waals surface area contributed by atoms with E-state index in [0.29, 0.717) is 23.3 Å². The van der Waals surface area contributed by atoms with Crippen LogP contribution in [0.15, 0.2) is 77.7 Å². The summed E-state index contributed by atoms with van der Waals surface area (Å²) in [4.78, 5) is 28.0. The number of anilines is 1. The molecule has 3 aromatic rings. The monoisotopic (exact) mass is 637 g/mol. The summed E-state index contributed by atoms with van der Waals surface area (Å²) in [5.74, 6) is -1.05. The maximum atomic E-state index is 13.9. The third-order valence-electron chi connectivity index (χ3n) is 6.77. The van der Waals surface area contributed by atoms with Gasteiger partial charge in [0.1, 0.15) is 12.6 Å². The Hall–Kier alpha value is -3.57. The van der Waals surface area contributed by atoms with E-state index in [1.807, 2.05) is 44.2 Å². The van der Waals surface area contributed by atoms with Gasteiger partial charge < -0.3 is 10.2 Å². The molecule has 0 fully saturated rings. The highest BCUT2D eigenvalue weighted by molar-refractivity contribution is 7.92. The number of rotatable bonds is 12. The summed E-state index contributed by atoms with van der Waals surface area (Å²) < 4.78 is 69.6. The largest absolute Gasteiger partial charge is 0.417 e. The average molecular weight is 638 g/mol. The molecule has 232 valence electrons. The predicted molar refractivity (Wildman–Crippen MR) is 161 cm³/mol. The van der Waals surface area contributed by atoms with Crippen LogP contribution < -0.4 is 9.62 Å². The first kappa shape index (κ1) is 33.9. The summed E-state index contributed by atoms with van der Waals surface area (Å²) in [6.45, 7) is 6.68. The fourth-order valence-corrected chi connectivity index (χ4v) is 5.91. The van der Waals surface area contributed by atoms with Crippen LogP contribution in [0.3, 0.4) is 0 Å². The molecule has 7 nitrogen and oxygen atoms in total. The van der Waals surface area contributed by atoms with Gasteiger partial charge in [-0.25, -0.2) is 8.42 Å². The van der Waals surface area contributed by atoms with Crippen LogP contribution >= 0.6 is 11.6 Å². The molecule has 2 amide bonds. The smallest absolute Gasteiger partial charge is 0.354 e. The maximum absolute atomic E-state index is 13.9. The Kier molecular flexibility index (Phi) is 11.3. The molecule has 3 rings (SSSR count). The number of nitrogens with zero attached hydrogens (tertiary/aromatic N) is 2. The second kappa shape index (κ2) is 14.3. The molecule has 43 heavy (non-hydrogen) atoms. The van der Waals surface area contributed by atoms with E-state index in [-0.39, 0.29) is 17.4 Å². The van der Waals surface area contributed by atoms with Gasteiger partial charge in [0, 0.05) is 13.1 Å². The van der Waals surface area contributed by atoms with Crippen LogP contribution in [0.25, 0.3) is 0 Å². The van der Waals surface area contributed by atoms with Crippen LogP contribution in [-0.2, 0) is 32.2 Å². The summed E-state index contributed by atoms with van der Waals surface area (Å²) in [6, 6.07) is 16.6. The first-order chi connectivity index (χ1) is 20.1. The van der Waals surface area contributed by atoms with E-state index in [9.17, 15) is 31.2 Å². The molecule has 0 aliphatic carbocycles. The van der Waals surface area contributed by atoms with Gasteiger partial charge in [0.15, 0.2) is 0 Å². The quantitative estimate of drug-likeness (QED) is 0.260. The van der Waals surface area contributed by atoms with Crippen LogP contribution in [0.1, 0.15) is 37.5 Å². The van der Waals surface area contributed by atoms with E-state index in [4.69, 9.17) is 11.6 Å². The maximum Gasteiger partial charge on any atom is 0.417 e. The van der Waals surface area contributed by atoms with Gasteiger partial charge in [-0.2, -0.15) is 13.2 Å². The summed E-state index contributed by atoms with van der Waals surface area (Å²) in [6.07, 6.45) is -4.51. The second-order valence-electron chi connectivity index (χ2n) is 10.6. The van der Waals surface area contributed by atoms with Crippen molar-refractivity contribution in [2.45, 2.75) is 51.2 Å². The molecule has 1 N–H and O–H groups in total. The van der Waals surface area contributed by atoms with Gasteiger partial charge in [-0.3, -0.25) is 13.9 Å². The number of aryl methyl sites for hydroxylation is 1. The molecule has 0 heterocycles. The van der Waals surface area contributed by atoms with Gasteiger partial charge in [-0.05, 0) is 62.1 Å². The number of nitrogens with one attached hydrogen (secondary N) is 1. The molecule has 0 aliphatic rings. The minimum atomic E-state index is -4.87. The zero-order valence-corrected chi connectivity index (χ0v) is 25.9. The molecule has 0 saturated carbocycles. The highest BCUT2D eigenvalue weighted by Crippen LogP contribution is 2.38. The van der Waals surface area contributed by atoms with Crippen LogP contribution in [0, 0.1) is 12.8 Å². The SMILES string of the molecule is Cc1ccc(S(=O)(=O)N(CC(=O)N(CCc2ccccc2)[C@@H](C)C(=O)NCC(C)C)c2ccc(Cl)c(C(F)(F)F)c2)cc1. The number of carbonyl (C=O) groups excluding carboxylic acids is 2. The Bertz CT molecular complexity index is 1520. The molecule has 0 radical (unpaired) electrons. The first-order valence-corrected chi connectivity index (χ1v) is 15.5. The lowest BCUT2D eigenvalue weighted by Gasteiger charge is -2.32. The molecule has 0 aliphatic heterocycles. The summed E-state index contributed by atoms with van der Waals surface area (Å²) in [5.41, 5.74) is 0.00338. The van der Waals surface area contributed by atoms with Crippen molar-refractivity contribution in [3.63, 3.8) is 0 Å². The molecular weight excluding hydrogens is 603 g/mol. The molecule has 0 unspecified atom stereocenters. The van der Waals surface area contributed by atoms with Crippen molar-refractivity contribution in [1.82, 2.24) is 10.2 Å². The van der Waals surface area contributed by atoms with E-state index in [2.05, 4.69) is 5.32 Å². The van der Waals surface area contributed by atoms with Gasteiger partial charge in [0.05, 0.1) is 21.2 Å². The lowest BCUT2D eigenvalue weighted by molar-refractivity contribution is -0.138. The van der Waals surface area contributed by atoms with Crippen molar-refractivity contribution < 1.29 is 31.2 Å². The van der Waals surface area contributed by atoms with Crippen LogP contribution in [0.4, 0.5) is 18.9 Å². The van der Waals surface area contributed by atoms with Gasteiger partial charge in [0.25, 0.3) is 10.0 Å². The highest BCUT2D eigenvalue weighted by atomic mass is 35.5. The average Bonchev–Trinajstić information content (AvgIpc) is 2.95. The first-order valence-electron chi connectivity index (χ1n) is 13.7. The van der Waals surface area contributed by atoms with Crippen LogP contribution in [-0.4, -0.2) is 50.8 Å². The topological polar surface area (TPSA) is 86.8 Å². The van der Waals surface area contributed by atoms with Gasteiger partial charge in [-0.15, -0.1) is 0 Å². The minimum Gasteiger partial charge on any atom is -0.354 e. The van der Waals surface area contributed by atoms with Crippen molar-refractivity contribution in [1.29, 1.82) is 0 Å². The Morgan fingerprint density at radius 2 is 1.58 bits per heavy atom. The van der Waals surface area contributed by atoms with E-state index in [0.717, 1.165) is 23.3 Å². The van der Waals surface area contributed by atoms with Crippen molar-refractivity contribution >= 4 is 39.1 Å². The summed E-state index contributed by atoms with van der Waals surface area (Å²) in [7, 11) is -4.53. The third-order valence-corrected chi connectivity index (χ3v) is 8.88. The van der Waals surface area contributed by atoms with E-state index >= 15 is 0 Å². The standard InChI is InChI=1S/C31H35ClF3N3O4S/c1-21(2)19-36-30(40)23(4)37(17-16-24-8-6-5-7-9-24)29(39)20-38(43(41,42)26-13-10-22(3)11-14-26)25-12-15-28(32)27(18-25)31(33,34)35/h5-15,18,21,23H,16-17,19-20H2,1-4H3,(H,36,40)/t23-/m0/s1. The molecule has 0 spiro atoms. The van der Waals surface area contributed by atoms with E-state index in [1.54, 1.807) is 19.1 Å². The van der Waals surface area contributed by atoms with Crippen molar-refractivity contribution in [2.75, 3.05) is 23.9 Å². The fraction of sp³-hybridized carbons (Fsp3) is 0.355. The Labute approximate surface area is 255 Å². The normalized spacial score (nSPS) is 12.6. The molecule has 1 atom stereocenters. The van der Waals surface area contributed by atoms with Gasteiger partial charge in [0.2, 0.25) is 11.8 Å². The number of amides is 2. The Balaban J connectivity index is 2.06. The number of sulfonamides is 1. The molecule has 0 bridgehead atoms. The zero-order chi connectivity index (χ0) is 31.9. The number of benzene rings is 3. The van der Waals surface area contributed by atoms with Crippen LogP contribution in [0.2, 0.25) is 5.02 Å². The number of carbonyl (C=O) groups is 2. The lowest BCUT2D eigenvalue weighted by Crippen LogP contribution is -2.52. The Morgan fingerprint density at radius 3 is 2.16 bits per heavy atom. The molecular formula is C31H35ClF3N3O4S. The van der Waals surface area contributed by atoms with Gasteiger partial charge in [-0.1, -0.05) is 73.5 Å². The predicted octanol–water partition coefficient (Wildman–Crippen LogP) is 6.09. The number of hydrogen-bond acceptors (Lipinski definition) is 4.